The zero-order chi connectivity index (χ0) is 13.2. The summed E-state index contributed by atoms with van der Waals surface area (Å²) in [6.07, 6.45) is 0. The van der Waals surface area contributed by atoms with Gasteiger partial charge in [-0.05, 0) is 19.1 Å². The van der Waals surface area contributed by atoms with E-state index in [-0.39, 0.29) is 10.9 Å². The van der Waals surface area contributed by atoms with Crippen molar-refractivity contribution < 1.29 is 8.42 Å². The Labute approximate surface area is 109 Å². The van der Waals surface area contributed by atoms with E-state index in [1.54, 1.807) is 19.1 Å². The van der Waals surface area contributed by atoms with E-state index in [2.05, 4.69) is 14.9 Å². The van der Waals surface area contributed by atoms with Gasteiger partial charge in [-0.2, -0.15) is 0 Å². The number of nitrogens with one attached hydrogen (secondary N) is 1. The highest BCUT2D eigenvalue weighted by Crippen LogP contribution is 2.27. The summed E-state index contributed by atoms with van der Waals surface area (Å²) in [5.74, 6) is 0.000197. The lowest BCUT2D eigenvalue weighted by Gasteiger charge is -1.99. The first-order valence-corrected chi connectivity index (χ1v) is 7.67. The zero-order valence-corrected chi connectivity index (χ0v) is 11.3. The third-order valence-electron chi connectivity index (χ3n) is 2.18. The molecule has 0 aliphatic heterocycles. The van der Waals surface area contributed by atoms with Gasteiger partial charge < -0.3 is 5.73 Å². The third-order valence-corrected chi connectivity index (χ3v) is 4.46. The van der Waals surface area contributed by atoms with Crippen molar-refractivity contribution in [3.05, 3.63) is 24.3 Å². The van der Waals surface area contributed by atoms with Crippen molar-refractivity contribution >= 4 is 32.2 Å². The summed E-state index contributed by atoms with van der Waals surface area (Å²) in [5, 5.41) is 8.60. The normalized spacial score (nSPS) is 11.4. The van der Waals surface area contributed by atoms with Crippen LogP contribution in [0.4, 0.5) is 10.8 Å². The van der Waals surface area contributed by atoms with E-state index in [9.17, 15) is 8.42 Å². The molecule has 0 spiro atoms. The molecule has 0 radical (unpaired) electrons. The predicted octanol–water partition coefficient (Wildman–Crippen LogP) is 1.55. The van der Waals surface area contributed by atoms with Crippen molar-refractivity contribution in [1.82, 2.24) is 10.2 Å². The van der Waals surface area contributed by atoms with E-state index < -0.39 is 10.0 Å². The highest BCUT2D eigenvalue weighted by molar-refractivity contribution is 7.92. The highest BCUT2D eigenvalue weighted by Gasteiger charge is 2.12. The minimum atomic E-state index is -3.32. The number of hydrogen-bond acceptors (Lipinski definition) is 6. The Morgan fingerprint density at radius 1 is 1.39 bits per heavy atom. The molecule has 0 fully saturated rings. The summed E-state index contributed by atoms with van der Waals surface area (Å²) in [6.45, 7) is 1.56. The van der Waals surface area contributed by atoms with Crippen molar-refractivity contribution in [1.29, 1.82) is 0 Å². The summed E-state index contributed by atoms with van der Waals surface area (Å²) in [6, 6.07) is 7.18. The minimum absolute atomic E-state index is 0.000197. The Kier molecular flexibility index (Phi) is 3.48. The first-order valence-electron chi connectivity index (χ1n) is 5.20. The molecular weight excluding hydrogens is 272 g/mol. The lowest BCUT2D eigenvalue weighted by molar-refractivity contribution is 0.602. The second-order valence-corrected chi connectivity index (χ2v) is 6.53. The lowest BCUT2D eigenvalue weighted by Crippen LogP contribution is -2.14. The third kappa shape index (κ3) is 2.96. The van der Waals surface area contributed by atoms with E-state index in [0.717, 1.165) is 5.56 Å². The summed E-state index contributed by atoms with van der Waals surface area (Å²) >= 11 is 1.17. The number of nitrogens with two attached hydrogens (primary N) is 1. The molecule has 0 aliphatic rings. The minimum Gasteiger partial charge on any atom is -0.399 e. The van der Waals surface area contributed by atoms with Crippen LogP contribution in [0, 0.1) is 0 Å². The molecule has 8 heteroatoms. The molecule has 3 N–H and O–H groups in total. The van der Waals surface area contributed by atoms with Gasteiger partial charge in [0.2, 0.25) is 15.2 Å². The summed E-state index contributed by atoms with van der Waals surface area (Å²) < 4.78 is 25.1. The van der Waals surface area contributed by atoms with Gasteiger partial charge >= 0.3 is 0 Å². The Hall–Kier alpha value is -1.67. The van der Waals surface area contributed by atoms with Crippen molar-refractivity contribution in [3.8, 4) is 10.6 Å². The standard InChI is InChI=1S/C10H12N4O2S2/c1-2-18(15,16)14-10-13-12-9(17-10)7-4-3-5-8(11)6-7/h3-6H,2,11H2,1H3,(H,13,14). The molecule has 0 bridgehead atoms. The second kappa shape index (κ2) is 4.91. The number of nitrogens with zero attached hydrogens (tertiary/aromatic N) is 2. The fraction of sp³-hybridized carbons (Fsp3) is 0.200. The number of aromatic nitrogens is 2. The largest absolute Gasteiger partial charge is 0.399 e. The molecule has 1 aromatic heterocycles. The summed E-state index contributed by atoms with van der Waals surface area (Å²) in [4.78, 5) is 0. The Bertz CT molecular complexity index is 651. The smallest absolute Gasteiger partial charge is 0.234 e. The summed E-state index contributed by atoms with van der Waals surface area (Å²) in [7, 11) is -3.32. The molecule has 0 saturated carbocycles. The fourth-order valence-corrected chi connectivity index (χ4v) is 2.85. The molecule has 2 rings (SSSR count). The molecule has 1 heterocycles. The zero-order valence-electron chi connectivity index (χ0n) is 9.62. The van der Waals surface area contributed by atoms with Gasteiger partial charge in [0.05, 0.1) is 5.75 Å². The Morgan fingerprint density at radius 2 is 2.17 bits per heavy atom. The molecule has 1 aromatic carbocycles. The van der Waals surface area contributed by atoms with Crippen molar-refractivity contribution in [2.45, 2.75) is 6.92 Å². The SMILES string of the molecule is CCS(=O)(=O)Nc1nnc(-c2cccc(N)c2)s1. The molecule has 18 heavy (non-hydrogen) atoms. The molecule has 0 amide bonds. The van der Waals surface area contributed by atoms with Crippen molar-refractivity contribution in [2.24, 2.45) is 0 Å². The van der Waals surface area contributed by atoms with Crippen LogP contribution < -0.4 is 10.5 Å². The van der Waals surface area contributed by atoms with Gasteiger partial charge in [-0.3, -0.25) is 4.72 Å². The molecule has 2 aromatic rings. The molecule has 96 valence electrons. The van der Waals surface area contributed by atoms with E-state index >= 15 is 0 Å². The van der Waals surface area contributed by atoms with Gasteiger partial charge in [-0.1, -0.05) is 23.5 Å². The van der Waals surface area contributed by atoms with Crippen molar-refractivity contribution in [2.75, 3.05) is 16.2 Å². The number of sulfonamides is 1. The van der Waals surface area contributed by atoms with Gasteiger partial charge in [0.1, 0.15) is 5.01 Å². The molecule has 0 unspecified atom stereocenters. The molecule has 0 saturated heterocycles. The highest BCUT2D eigenvalue weighted by atomic mass is 32.2. The molecular formula is C10H12N4O2S2. The fourth-order valence-electron chi connectivity index (χ4n) is 1.26. The number of hydrogen-bond donors (Lipinski definition) is 2. The van der Waals surface area contributed by atoms with Gasteiger partial charge in [0.25, 0.3) is 0 Å². The average molecular weight is 284 g/mol. The Morgan fingerprint density at radius 3 is 2.83 bits per heavy atom. The Balaban J connectivity index is 2.26. The van der Waals surface area contributed by atoms with E-state index in [1.165, 1.54) is 11.3 Å². The van der Waals surface area contributed by atoms with Crippen LogP contribution in [0.2, 0.25) is 0 Å². The number of benzene rings is 1. The van der Waals surface area contributed by atoms with Crippen LogP contribution in [0.3, 0.4) is 0 Å². The summed E-state index contributed by atoms with van der Waals surface area (Å²) in [5.41, 5.74) is 7.11. The number of rotatable bonds is 4. The molecule has 0 atom stereocenters. The van der Waals surface area contributed by atoms with Crippen LogP contribution in [0.15, 0.2) is 24.3 Å². The first kappa shape index (κ1) is 12.8. The number of nitrogen functional groups attached to an aromatic ring is 1. The van der Waals surface area contributed by atoms with E-state index in [0.29, 0.717) is 10.7 Å². The van der Waals surface area contributed by atoms with Crippen LogP contribution in [0.1, 0.15) is 6.92 Å². The molecule has 6 nitrogen and oxygen atoms in total. The number of anilines is 2. The van der Waals surface area contributed by atoms with Crippen LogP contribution in [-0.4, -0.2) is 24.4 Å². The van der Waals surface area contributed by atoms with Crippen molar-refractivity contribution in [3.63, 3.8) is 0 Å². The maximum Gasteiger partial charge on any atom is 0.234 e. The molecule has 0 aliphatic carbocycles. The topological polar surface area (TPSA) is 98.0 Å². The maximum absolute atomic E-state index is 11.4. The average Bonchev–Trinajstić information content (AvgIpc) is 2.77. The van der Waals surface area contributed by atoms with Gasteiger partial charge in [-0.15, -0.1) is 10.2 Å². The first-order chi connectivity index (χ1) is 8.50. The maximum atomic E-state index is 11.4. The predicted molar refractivity (Wildman–Crippen MR) is 72.8 cm³/mol. The van der Waals surface area contributed by atoms with E-state index in [4.69, 9.17) is 5.73 Å². The van der Waals surface area contributed by atoms with Gasteiger partial charge in [0.15, 0.2) is 0 Å². The van der Waals surface area contributed by atoms with Crippen LogP contribution in [0.25, 0.3) is 10.6 Å². The van der Waals surface area contributed by atoms with Gasteiger partial charge in [-0.25, -0.2) is 8.42 Å². The van der Waals surface area contributed by atoms with E-state index in [1.807, 2.05) is 12.1 Å². The van der Waals surface area contributed by atoms with Gasteiger partial charge in [0, 0.05) is 11.3 Å². The van der Waals surface area contributed by atoms with Crippen LogP contribution in [-0.2, 0) is 10.0 Å². The van der Waals surface area contributed by atoms with Crippen LogP contribution in [0.5, 0.6) is 0 Å². The second-order valence-electron chi connectivity index (χ2n) is 3.54. The lowest BCUT2D eigenvalue weighted by atomic mass is 10.2. The van der Waals surface area contributed by atoms with Crippen LogP contribution >= 0.6 is 11.3 Å². The quantitative estimate of drug-likeness (QED) is 0.830. The monoisotopic (exact) mass is 284 g/mol.